The third kappa shape index (κ3) is 5.67. The number of nitrogens with one attached hydrogen (secondary N) is 3. The van der Waals surface area contributed by atoms with Gasteiger partial charge in [-0.15, -0.1) is 0 Å². The van der Waals surface area contributed by atoms with Crippen molar-refractivity contribution >= 4 is 28.5 Å². The van der Waals surface area contributed by atoms with Crippen molar-refractivity contribution < 1.29 is 14.3 Å². The van der Waals surface area contributed by atoms with Crippen molar-refractivity contribution in [3.8, 4) is 5.75 Å². The number of nitrogens with zero attached hydrogens (tertiary/aromatic N) is 3. The van der Waals surface area contributed by atoms with Crippen molar-refractivity contribution in [1.29, 1.82) is 0 Å². The Labute approximate surface area is 180 Å². The lowest BCUT2D eigenvalue weighted by molar-refractivity contribution is -0.132. The Kier molecular flexibility index (Phi) is 7.58. The highest BCUT2D eigenvalue weighted by Gasteiger charge is 2.34. The highest BCUT2D eigenvalue weighted by atomic mass is 32.1. The molecule has 3 heterocycles. The maximum atomic E-state index is 12.6. The van der Waals surface area contributed by atoms with Gasteiger partial charge in [-0.2, -0.15) is 4.37 Å². The number of aryl methyl sites for hydroxylation is 1. The number of ether oxygens (including phenoxy) is 1. The van der Waals surface area contributed by atoms with Crippen molar-refractivity contribution in [3.63, 3.8) is 0 Å². The number of carbonyl (C=O) groups is 2. The Bertz CT molecular complexity index is 856. The highest BCUT2D eigenvalue weighted by molar-refractivity contribution is 7.10. The number of amides is 3. The number of likely N-dealkylation sites (tertiary alicyclic amines) is 1. The second kappa shape index (κ2) is 10.4. The van der Waals surface area contributed by atoms with E-state index in [0.717, 1.165) is 11.4 Å². The molecule has 3 rings (SSSR count). The minimum absolute atomic E-state index is 0.103. The van der Waals surface area contributed by atoms with Crippen molar-refractivity contribution in [2.75, 3.05) is 39.1 Å². The largest absolute Gasteiger partial charge is 0.495 e. The highest BCUT2D eigenvalue weighted by Crippen LogP contribution is 2.28. The molecule has 0 aromatic carbocycles. The number of urea groups is 1. The molecule has 10 heteroatoms. The fourth-order valence-corrected chi connectivity index (χ4v) is 4.17. The number of hydrogen-bond acceptors (Lipinski definition) is 7. The molecule has 30 heavy (non-hydrogen) atoms. The molecule has 3 amide bonds. The first kappa shape index (κ1) is 22.0. The molecule has 0 saturated carbocycles. The fourth-order valence-electron chi connectivity index (χ4n) is 3.51. The Balaban J connectivity index is 1.72. The Morgan fingerprint density at radius 2 is 2.20 bits per heavy atom. The van der Waals surface area contributed by atoms with E-state index in [1.807, 2.05) is 37.1 Å². The van der Waals surface area contributed by atoms with E-state index in [9.17, 15) is 9.59 Å². The molecular formula is C20H28N6O3S. The maximum Gasteiger partial charge on any atom is 0.320 e. The number of anilines is 1. The quantitative estimate of drug-likeness (QED) is 0.617. The number of carbonyl (C=O) groups excluding carboxylic acids is 2. The van der Waals surface area contributed by atoms with Crippen LogP contribution in [-0.4, -0.2) is 66.0 Å². The summed E-state index contributed by atoms with van der Waals surface area (Å²) in [6.45, 7) is 3.62. The zero-order valence-corrected chi connectivity index (χ0v) is 18.3. The lowest BCUT2D eigenvalue weighted by atomic mass is 9.88. The van der Waals surface area contributed by atoms with Crippen LogP contribution in [0, 0.1) is 6.92 Å². The first-order chi connectivity index (χ1) is 14.5. The monoisotopic (exact) mass is 432 g/mol. The van der Waals surface area contributed by atoms with Crippen LogP contribution in [0.1, 0.15) is 30.1 Å². The fraction of sp³-hybridized carbons (Fsp3) is 0.500. The number of aromatic nitrogens is 2. The summed E-state index contributed by atoms with van der Waals surface area (Å²) in [5.41, 5.74) is 1.69. The van der Waals surface area contributed by atoms with Crippen LogP contribution in [0.5, 0.6) is 5.75 Å². The Morgan fingerprint density at radius 3 is 2.83 bits per heavy atom. The normalized spacial score (nSPS) is 18.7. The zero-order chi connectivity index (χ0) is 21.5. The minimum atomic E-state index is -0.280. The van der Waals surface area contributed by atoms with Crippen LogP contribution in [0.2, 0.25) is 0 Å². The van der Waals surface area contributed by atoms with E-state index >= 15 is 0 Å². The van der Waals surface area contributed by atoms with E-state index in [0.29, 0.717) is 43.2 Å². The zero-order valence-electron chi connectivity index (χ0n) is 17.5. The summed E-state index contributed by atoms with van der Waals surface area (Å²) in [4.78, 5) is 31.5. The summed E-state index contributed by atoms with van der Waals surface area (Å²) < 4.78 is 9.38. The molecule has 1 aliphatic heterocycles. The molecule has 162 valence electrons. The Hall–Kier alpha value is -2.72. The molecule has 0 radical (unpaired) electrons. The molecule has 0 bridgehead atoms. The van der Waals surface area contributed by atoms with Gasteiger partial charge in [0.2, 0.25) is 5.91 Å². The van der Waals surface area contributed by atoms with Gasteiger partial charge >= 0.3 is 6.03 Å². The van der Waals surface area contributed by atoms with Crippen LogP contribution in [0.25, 0.3) is 0 Å². The molecule has 0 spiro atoms. The van der Waals surface area contributed by atoms with Gasteiger partial charge in [0.15, 0.2) is 0 Å². The van der Waals surface area contributed by atoms with Crippen LogP contribution in [0.4, 0.5) is 9.80 Å². The lowest BCUT2D eigenvalue weighted by Gasteiger charge is -2.38. The second-order valence-electron chi connectivity index (χ2n) is 7.25. The van der Waals surface area contributed by atoms with Crippen molar-refractivity contribution in [3.05, 3.63) is 35.8 Å². The maximum absolute atomic E-state index is 12.6. The molecule has 1 fully saturated rings. The molecule has 3 N–H and O–H groups in total. The number of hydrogen-bond donors (Lipinski definition) is 3. The average molecular weight is 433 g/mol. The Morgan fingerprint density at radius 1 is 1.37 bits per heavy atom. The molecule has 1 aliphatic rings. The van der Waals surface area contributed by atoms with Crippen molar-refractivity contribution in [2.45, 2.75) is 31.7 Å². The third-order valence-corrected chi connectivity index (χ3v) is 5.91. The summed E-state index contributed by atoms with van der Waals surface area (Å²) in [6, 6.07) is 5.15. The van der Waals surface area contributed by atoms with Gasteiger partial charge in [-0.3, -0.25) is 15.1 Å². The van der Waals surface area contributed by atoms with E-state index < -0.39 is 0 Å². The van der Waals surface area contributed by atoms with E-state index in [-0.39, 0.29) is 23.9 Å². The first-order valence-electron chi connectivity index (χ1n) is 9.93. The van der Waals surface area contributed by atoms with Crippen LogP contribution < -0.4 is 20.7 Å². The summed E-state index contributed by atoms with van der Waals surface area (Å²) >= 11 is 1.25. The number of methoxy groups -OCH3 is 1. The number of pyridine rings is 1. The predicted molar refractivity (Wildman–Crippen MR) is 116 cm³/mol. The van der Waals surface area contributed by atoms with E-state index in [1.165, 1.54) is 11.5 Å². The summed E-state index contributed by atoms with van der Waals surface area (Å²) in [6.07, 6.45) is 2.76. The summed E-state index contributed by atoms with van der Waals surface area (Å²) in [5, 5.41) is 9.61. The van der Waals surface area contributed by atoms with Crippen LogP contribution in [0.3, 0.4) is 0 Å². The third-order valence-electron chi connectivity index (χ3n) is 5.11. The van der Waals surface area contributed by atoms with Crippen LogP contribution in [-0.2, 0) is 4.79 Å². The minimum Gasteiger partial charge on any atom is -0.495 e. The lowest BCUT2D eigenvalue weighted by Crippen LogP contribution is -2.52. The van der Waals surface area contributed by atoms with Gasteiger partial charge in [0.25, 0.3) is 0 Å². The van der Waals surface area contributed by atoms with Gasteiger partial charge in [-0.05, 0) is 50.1 Å². The molecule has 0 aliphatic carbocycles. The van der Waals surface area contributed by atoms with Gasteiger partial charge in [0, 0.05) is 43.7 Å². The molecule has 9 nitrogen and oxygen atoms in total. The first-order valence-corrected chi connectivity index (χ1v) is 10.7. The topological polar surface area (TPSA) is 108 Å². The SMILES string of the molecule is CNCCC(=O)N1CC[C@@H](NC(=O)Nc2cc(C)ns2)[C@H](c2ccc(OC)cn2)C1. The molecule has 2 aromatic rings. The van der Waals surface area contributed by atoms with Gasteiger partial charge in [0.05, 0.1) is 19.0 Å². The standard InChI is InChI=1S/C20H28N6O3S/c1-13-10-18(30-25-13)24-20(28)23-17-7-9-26(19(27)6-8-21-2)12-15(17)16-5-4-14(29-3)11-22-16/h4-5,10-11,15,17,21H,6-9,12H2,1-3H3,(H2,23,24,28)/t15-,17+/m0/s1. The number of piperidine rings is 1. The van der Waals surface area contributed by atoms with E-state index in [1.54, 1.807) is 13.3 Å². The van der Waals surface area contributed by atoms with Gasteiger partial charge in [0.1, 0.15) is 10.8 Å². The smallest absolute Gasteiger partial charge is 0.320 e. The van der Waals surface area contributed by atoms with Gasteiger partial charge < -0.3 is 20.3 Å². The van der Waals surface area contributed by atoms with Crippen LogP contribution in [0.15, 0.2) is 24.4 Å². The summed E-state index contributed by atoms with van der Waals surface area (Å²) in [5.74, 6) is 0.655. The summed E-state index contributed by atoms with van der Waals surface area (Å²) in [7, 11) is 3.42. The van der Waals surface area contributed by atoms with E-state index in [4.69, 9.17) is 4.74 Å². The predicted octanol–water partition coefficient (Wildman–Crippen LogP) is 1.97. The van der Waals surface area contributed by atoms with Gasteiger partial charge in [-0.1, -0.05) is 0 Å². The molecular weight excluding hydrogens is 404 g/mol. The molecule has 2 atom stereocenters. The van der Waals surface area contributed by atoms with E-state index in [2.05, 4.69) is 25.3 Å². The van der Waals surface area contributed by atoms with Crippen molar-refractivity contribution in [2.24, 2.45) is 0 Å². The number of rotatable bonds is 7. The van der Waals surface area contributed by atoms with Crippen LogP contribution >= 0.6 is 11.5 Å². The van der Waals surface area contributed by atoms with Gasteiger partial charge in [-0.25, -0.2) is 4.79 Å². The van der Waals surface area contributed by atoms with Crippen molar-refractivity contribution in [1.82, 2.24) is 24.9 Å². The molecule has 1 saturated heterocycles. The molecule has 0 unspecified atom stereocenters. The average Bonchev–Trinajstić information content (AvgIpc) is 3.16. The second-order valence-corrected chi connectivity index (χ2v) is 8.05. The molecule has 2 aromatic heterocycles.